The van der Waals surface area contributed by atoms with Crippen molar-refractivity contribution in [1.82, 2.24) is 4.98 Å². The van der Waals surface area contributed by atoms with E-state index in [0.29, 0.717) is 10.6 Å². The summed E-state index contributed by atoms with van der Waals surface area (Å²) in [5.74, 6) is 0.0289. The number of nitrogens with two attached hydrogens (primary N) is 1. The van der Waals surface area contributed by atoms with Crippen molar-refractivity contribution in [3.05, 3.63) is 23.8 Å². The van der Waals surface area contributed by atoms with Crippen LogP contribution in [0.1, 0.15) is 4.88 Å². The molecule has 8 heteroatoms. The monoisotopic (exact) mass is 272 g/mol. The number of anilines is 1. The quantitative estimate of drug-likeness (QED) is 0.729. The maximum atomic E-state index is 11.2. The molecule has 0 bridgehead atoms. The van der Waals surface area contributed by atoms with Gasteiger partial charge < -0.3 is 19.9 Å². The van der Waals surface area contributed by atoms with Crippen molar-refractivity contribution in [2.45, 2.75) is 0 Å². The summed E-state index contributed by atoms with van der Waals surface area (Å²) in [4.78, 5) is 22.9. The average Bonchev–Trinajstić information content (AvgIpc) is 2.81. The first-order chi connectivity index (χ1) is 7.93. The second-order valence-electron chi connectivity index (χ2n) is 3.15. The fraction of sp³-hybridized carbons (Fsp3) is 0. The minimum absolute atomic E-state index is 0.0289. The molecule has 0 amide bonds. The van der Waals surface area contributed by atoms with Gasteiger partial charge >= 0.3 is 7.60 Å². The highest BCUT2D eigenvalue weighted by atomic mass is 32.1. The van der Waals surface area contributed by atoms with E-state index in [1.54, 1.807) is 0 Å². The van der Waals surface area contributed by atoms with Crippen molar-refractivity contribution < 1.29 is 18.8 Å². The SMILES string of the molecule is C=Cc1sc(N)nc1-c1occc1P(=O)(O)O. The van der Waals surface area contributed by atoms with E-state index in [0.717, 1.165) is 0 Å². The number of aromatic nitrogens is 1. The van der Waals surface area contributed by atoms with Crippen LogP contribution in [0.25, 0.3) is 17.5 Å². The summed E-state index contributed by atoms with van der Waals surface area (Å²) in [6.45, 7) is 3.59. The van der Waals surface area contributed by atoms with E-state index in [4.69, 9.17) is 19.9 Å². The zero-order chi connectivity index (χ0) is 12.6. The van der Waals surface area contributed by atoms with Gasteiger partial charge in [-0.05, 0) is 12.1 Å². The van der Waals surface area contributed by atoms with Gasteiger partial charge in [-0.25, -0.2) is 4.98 Å². The fourth-order valence-electron chi connectivity index (χ4n) is 1.36. The molecule has 0 spiro atoms. The minimum atomic E-state index is -4.40. The van der Waals surface area contributed by atoms with Crippen LogP contribution in [0, 0.1) is 0 Å². The molecular formula is C9H9N2O4PS. The van der Waals surface area contributed by atoms with Gasteiger partial charge in [-0.15, -0.1) is 0 Å². The molecule has 4 N–H and O–H groups in total. The van der Waals surface area contributed by atoms with Crippen LogP contribution in [-0.2, 0) is 4.57 Å². The van der Waals surface area contributed by atoms with Gasteiger partial charge in [-0.2, -0.15) is 0 Å². The Kier molecular flexibility index (Phi) is 2.92. The molecule has 2 heterocycles. The molecule has 0 aliphatic heterocycles. The van der Waals surface area contributed by atoms with Crippen LogP contribution in [0.5, 0.6) is 0 Å². The lowest BCUT2D eigenvalue weighted by molar-refractivity contribution is 0.387. The third-order valence-corrected chi connectivity index (χ3v) is 3.89. The van der Waals surface area contributed by atoms with Gasteiger partial charge in [-0.3, -0.25) is 4.57 Å². The Hall–Kier alpha value is -1.40. The summed E-state index contributed by atoms with van der Waals surface area (Å²) in [7, 11) is -4.40. The zero-order valence-electron chi connectivity index (χ0n) is 8.53. The van der Waals surface area contributed by atoms with Crippen LogP contribution >= 0.6 is 18.9 Å². The lowest BCUT2D eigenvalue weighted by Gasteiger charge is -2.02. The van der Waals surface area contributed by atoms with Crippen molar-refractivity contribution in [3.63, 3.8) is 0 Å². The molecule has 0 fully saturated rings. The van der Waals surface area contributed by atoms with Crippen LogP contribution < -0.4 is 11.0 Å². The summed E-state index contributed by atoms with van der Waals surface area (Å²) in [6.07, 6.45) is 2.71. The Bertz CT molecular complexity index is 612. The predicted molar refractivity (Wildman–Crippen MR) is 66.0 cm³/mol. The molecule has 0 radical (unpaired) electrons. The zero-order valence-corrected chi connectivity index (χ0v) is 10.2. The topological polar surface area (TPSA) is 110 Å². The molecule has 0 unspecified atom stereocenters. The number of hydrogen-bond acceptors (Lipinski definition) is 5. The summed E-state index contributed by atoms with van der Waals surface area (Å²) in [5, 5.41) is 0.0776. The predicted octanol–water partition coefficient (Wildman–Crippen LogP) is 1.43. The van der Waals surface area contributed by atoms with Crippen molar-refractivity contribution in [2.24, 2.45) is 0 Å². The van der Waals surface area contributed by atoms with Crippen LogP contribution in [0.15, 0.2) is 23.3 Å². The Labute approximate surface area is 101 Å². The van der Waals surface area contributed by atoms with E-state index in [1.807, 2.05) is 0 Å². The van der Waals surface area contributed by atoms with Crippen LogP contribution in [-0.4, -0.2) is 14.8 Å². The minimum Gasteiger partial charge on any atom is -0.462 e. The smallest absolute Gasteiger partial charge is 0.360 e. The number of hydrogen-bond donors (Lipinski definition) is 3. The molecule has 0 saturated carbocycles. The van der Waals surface area contributed by atoms with Gasteiger partial charge in [0.1, 0.15) is 11.0 Å². The number of nitrogens with zero attached hydrogens (tertiary/aromatic N) is 1. The van der Waals surface area contributed by atoms with Crippen molar-refractivity contribution in [1.29, 1.82) is 0 Å². The number of nitrogen functional groups attached to an aromatic ring is 1. The first-order valence-corrected chi connectivity index (χ1v) is 6.89. The fourth-order valence-corrected chi connectivity index (χ4v) is 2.72. The number of thiazole rings is 1. The van der Waals surface area contributed by atoms with E-state index in [9.17, 15) is 4.57 Å². The molecule has 2 aromatic heterocycles. The maximum absolute atomic E-state index is 11.2. The summed E-state index contributed by atoms with van der Waals surface area (Å²) in [6, 6.07) is 1.22. The second kappa shape index (κ2) is 4.12. The lowest BCUT2D eigenvalue weighted by atomic mass is 10.3. The molecule has 2 rings (SSSR count). The van der Waals surface area contributed by atoms with Crippen molar-refractivity contribution in [2.75, 3.05) is 5.73 Å². The molecular weight excluding hydrogens is 263 g/mol. The number of furan rings is 1. The van der Waals surface area contributed by atoms with E-state index in [2.05, 4.69) is 11.6 Å². The third kappa shape index (κ3) is 2.18. The third-order valence-electron chi connectivity index (χ3n) is 2.03. The molecule has 2 aromatic rings. The van der Waals surface area contributed by atoms with Crippen molar-refractivity contribution in [3.8, 4) is 11.5 Å². The largest absolute Gasteiger partial charge is 0.462 e. The highest BCUT2D eigenvalue weighted by Crippen LogP contribution is 2.40. The molecule has 0 saturated heterocycles. The molecule has 0 atom stereocenters. The maximum Gasteiger partial charge on any atom is 0.360 e. The Balaban J connectivity index is 2.65. The highest BCUT2D eigenvalue weighted by molar-refractivity contribution is 7.60. The van der Waals surface area contributed by atoms with Gasteiger partial charge in [0.2, 0.25) is 0 Å². The van der Waals surface area contributed by atoms with E-state index >= 15 is 0 Å². The van der Waals surface area contributed by atoms with Gasteiger partial charge in [0.25, 0.3) is 0 Å². The van der Waals surface area contributed by atoms with Crippen molar-refractivity contribution >= 4 is 35.4 Å². The lowest BCUT2D eigenvalue weighted by Crippen LogP contribution is -2.04. The molecule has 0 aromatic carbocycles. The van der Waals surface area contributed by atoms with Gasteiger partial charge in [0.15, 0.2) is 10.9 Å². The highest BCUT2D eigenvalue weighted by Gasteiger charge is 2.27. The van der Waals surface area contributed by atoms with Gasteiger partial charge in [0, 0.05) is 0 Å². The molecule has 6 nitrogen and oxygen atoms in total. The van der Waals surface area contributed by atoms with Crippen LogP contribution in [0.4, 0.5) is 5.13 Å². The van der Waals surface area contributed by atoms with Gasteiger partial charge in [0.05, 0.1) is 11.1 Å². The van der Waals surface area contributed by atoms with Crippen LogP contribution in [0.2, 0.25) is 0 Å². The van der Waals surface area contributed by atoms with Gasteiger partial charge in [-0.1, -0.05) is 17.9 Å². The second-order valence-corrected chi connectivity index (χ2v) is 5.78. The molecule has 0 aliphatic carbocycles. The van der Waals surface area contributed by atoms with Crippen LogP contribution in [0.3, 0.4) is 0 Å². The standard InChI is InChI=1S/C9H9N2O4PS/c1-2-6-7(11-9(10)17-6)8-5(3-4-15-8)16(12,13)14/h2-4H,1H2,(H2,10,11)(H2,12,13,14). The Morgan fingerprint density at radius 2 is 2.29 bits per heavy atom. The average molecular weight is 272 g/mol. The van der Waals surface area contributed by atoms with E-state index < -0.39 is 7.60 Å². The number of rotatable bonds is 3. The van der Waals surface area contributed by atoms with E-state index in [1.165, 1.54) is 29.7 Å². The Morgan fingerprint density at radius 1 is 1.59 bits per heavy atom. The van der Waals surface area contributed by atoms with E-state index in [-0.39, 0.29) is 16.2 Å². The molecule has 17 heavy (non-hydrogen) atoms. The summed E-state index contributed by atoms with van der Waals surface area (Å²) >= 11 is 1.17. The first kappa shape index (κ1) is 12.1. The summed E-state index contributed by atoms with van der Waals surface area (Å²) < 4.78 is 16.3. The molecule has 0 aliphatic rings. The Morgan fingerprint density at radius 3 is 2.88 bits per heavy atom. The summed E-state index contributed by atoms with van der Waals surface area (Å²) in [5.41, 5.74) is 5.84. The normalized spacial score (nSPS) is 11.6. The molecule has 90 valence electrons. The first-order valence-electron chi connectivity index (χ1n) is 4.46.